The second kappa shape index (κ2) is 6.89. The van der Waals surface area contributed by atoms with Crippen LogP contribution in [0.2, 0.25) is 5.15 Å². The zero-order valence-corrected chi connectivity index (χ0v) is 13.9. The van der Waals surface area contributed by atoms with Crippen molar-refractivity contribution in [1.29, 1.82) is 0 Å². The highest BCUT2D eigenvalue weighted by molar-refractivity contribution is 7.13. The summed E-state index contributed by atoms with van der Waals surface area (Å²) in [5.74, 6) is -0.400. The van der Waals surface area contributed by atoms with Crippen molar-refractivity contribution in [2.24, 2.45) is 0 Å². The first kappa shape index (κ1) is 15.6. The molecule has 0 fully saturated rings. The summed E-state index contributed by atoms with van der Waals surface area (Å²) in [7, 11) is 0. The van der Waals surface area contributed by atoms with Crippen LogP contribution >= 0.6 is 22.9 Å². The Labute approximate surface area is 142 Å². The SMILES string of the molecule is Cc1nc(-c2cccs2)ccc1C(=O)OCc1ccc(Cl)nc1. The third-order valence-corrected chi connectivity index (χ3v) is 4.35. The van der Waals surface area contributed by atoms with Gasteiger partial charge in [-0.15, -0.1) is 11.3 Å². The lowest BCUT2D eigenvalue weighted by atomic mass is 10.1. The maximum Gasteiger partial charge on any atom is 0.340 e. The Bertz CT molecular complexity index is 817. The van der Waals surface area contributed by atoms with Gasteiger partial charge >= 0.3 is 5.97 Å². The van der Waals surface area contributed by atoms with Crippen LogP contribution in [0.3, 0.4) is 0 Å². The molecule has 6 heteroatoms. The first-order chi connectivity index (χ1) is 11.1. The molecular formula is C17H13ClN2O2S. The molecular weight excluding hydrogens is 332 g/mol. The number of nitrogens with zero attached hydrogens (tertiary/aromatic N) is 2. The van der Waals surface area contributed by atoms with Crippen LogP contribution in [0.15, 0.2) is 48.0 Å². The molecule has 116 valence electrons. The monoisotopic (exact) mass is 344 g/mol. The number of halogens is 1. The molecule has 0 bridgehead atoms. The number of hydrogen-bond acceptors (Lipinski definition) is 5. The minimum Gasteiger partial charge on any atom is -0.457 e. The van der Waals surface area contributed by atoms with Crippen LogP contribution in [0.25, 0.3) is 10.6 Å². The molecule has 0 saturated carbocycles. The molecule has 0 N–H and O–H groups in total. The summed E-state index contributed by atoms with van der Waals surface area (Å²) in [4.78, 5) is 21.7. The van der Waals surface area contributed by atoms with Gasteiger partial charge in [-0.2, -0.15) is 0 Å². The highest BCUT2D eigenvalue weighted by Crippen LogP contribution is 2.24. The van der Waals surface area contributed by atoms with Crippen molar-refractivity contribution >= 4 is 28.9 Å². The third kappa shape index (κ3) is 3.75. The van der Waals surface area contributed by atoms with E-state index in [-0.39, 0.29) is 6.61 Å². The number of aryl methyl sites for hydroxylation is 1. The number of aromatic nitrogens is 2. The van der Waals surface area contributed by atoms with Gasteiger partial charge in [0.15, 0.2) is 0 Å². The standard InChI is InChI=1S/C17H13ClN2O2S/c1-11-13(5-6-14(20-11)15-3-2-8-23-15)17(21)22-10-12-4-7-16(18)19-9-12/h2-9H,10H2,1H3. The Balaban J connectivity index is 1.71. The maximum atomic E-state index is 12.2. The number of esters is 1. The summed E-state index contributed by atoms with van der Waals surface area (Å²) in [6.45, 7) is 1.95. The second-order valence-electron chi connectivity index (χ2n) is 4.87. The average molecular weight is 345 g/mol. The fraction of sp³-hybridized carbons (Fsp3) is 0.118. The molecule has 0 aliphatic rings. The minimum atomic E-state index is -0.400. The number of pyridine rings is 2. The van der Waals surface area contributed by atoms with Gasteiger partial charge in [-0.1, -0.05) is 23.7 Å². The minimum absolute atomic E-state index is 0.148. The molecule has 0 saturated heterocycles. The first-order valence-electron chi connectivity index (χ1n) is 6.92. The van der Waals surface area contributed by atoms with Gasteiger partial charge in [-0.3, -0.25) is 4.98 Å². The fourth-order valence-electron chi connectivity index (χ4n) is 2.06. The van der Waals surface area contributed by atoms with E-state index in [1.165, 1.54) is 0 Å². The molecule has 3 aromatic rings. The van der Waals surface area contributed by atoms with Crippen molar-refractivity contribution < 1.29 is 9.53 Å². The molecule has 0 aliphatic carbocycles. The van der Waals surface area contributed by atoms with Gasteiger partial charge < -0.3 is 4.74 Å². The van der Waals surface area contributed by atoms with E-state index in [2.05, 4.69) is 9.97 Å². The van der Waals surface area contributed by atoms with E-state index in [9.17, 15) is 4.79 Å². The number of carbonyl (C=O) groups excluding carboxylic acids is 1. The van der Waals surface area contributed by atoms with Crippen molar-refractivity contribution in [3.05, 3.63) is 69.9 Å². The zero-order valence-electron chi connectivity index (χ0n) is 12.3. The molecule has 0 unspecified atom stereocenters. The number of thiophene rings is 1. The van der Waals surface area contributed by atoms with Crippen LogP contribution in [0.4, 0.5) is 0 Å². The second-order valence-corrected chi connectivity index (χ2v) is 6.21. The smallest absolute Gasteiger partial charge is 0.340 e. The van der Waals surface area contributed by atoms with Gasteiger partial charge in [0.1, 0.15) is 11.8 Å². The predicted molar refractivity (Wildman–Crippen MR) is 90.7 cm³/mol. The van der Waals surface area contributed by atoms with Crippen LogP contribution in [0, 0.1) is 6.92 Å². The quantitative estimate of drug-likeness (QED) is 0.515. The van der Waals surface area contributed by atoms with E-state index in [1.54, 1.807) is 42.7 Å². The summed E-state index contributed by atoms with van der Waals surface area (Å²) in [5.41, 5.74) is 2.75. The van der Waals surface area contributed by atoms with Gasteiger partial charge in [0.05, 0.1) is 21.8 Å². The van der Waals surface area contributed by atoms with Gasteiger partial charge in [0.25, 0.3) is 0 Å². The molecule has 0 aromatic carbocycles. The molecule has 3 rings (SSSR count). The van der Waals surface area contributed by atoms with E-state index in [1.807, 2.05) is 23.6 Å². The van der Waals surface area contributed by atoms with Crippen LogP contribution in [0.5, 0.6) is 0 Å². The van der Waals surface area contributed by atoms with E-state index >= 15 is 0 Å². The summed E-state index contributed by atoms with van der Waals surface area (Å²) >= 11 is 7.33. The molecule has 23 heavy (non-hydrogen) atoms. The Morgan fingerprint density at radius 1 is 1.26 bits per heavy atom. The lowest BCUT2D eigenvalue weighted by Crippen LogP contribution is -2.08. The molecule has 0 aliphatic heterocycles. The Morgan fingerprint density at radius 3 is 2.78 bits per heavy atom. The first-order valence-corrected chi connectivity index (χ1v) is 8.18. The fourth-order valence-corrected chi connectivity index (χ4v) is 2.86. The van der Waals surface area contributed by atoms with Gasteiger partial charge in [-0.05, 0) is 36.6 Å². The summed E-state index contributed by atoms with van der Waals surface area (Å²) < 4.78 is 5.31. The third-order valence-electron chi connectivity index (χ3n) is 3.24. The van der Waals surface area contributed by atoms with E-state index < -0.39 is 5.97 Å². The summed E-state index contributed by atoms with van der Waals surface area (Å²) in [6.07, 6.45) is 1.58. The van der Waals surface area contributed by atoms with Crippen molar-refractivity contribution in [3.8, 4) is 10.6 Å². The van der Waals surface area contributed by atoms with Crippen molar-refractivity contribution in [2.45, 2.75) is 13.5 Å². The van der Waals surface area contributed by atoms with Gasteiger partial charge in [0, 0.05) is 11.8 Å². The van der Waals surface area contributed by atoms with E-state index in [0.717, 1.165) is 16.1 Å². The topological polar surface area (TPSA) is 52.1 Å². The van der Waals surface area contributed by atoms with Crippen molar-refractivity contribution in [1.82, 2.24) is 9.97 Å². The average Bonchev–Trinajstić information content (AvgIpc) is 3.08. The highest BCUT2D eigenvalue weighted by Gasteiger charge is 2.13. The van der Waals surface area contributed by atoms with Gasteiger partial charge in [0.2, 0.25) is 0 Å². The van der Waals surface area contributed by atoms with Crippen LogP contribution in [-0.4, -0.2) is 15.9 Å². The molecule has 3 aromatic heterocycles. The van der Waals surface area contributed by atoms with Gasteiger partial charge in [-0.25, -0.2) is 9.78 Å². The van der Waals surface area contributed by atoms with Crippen LogP contribution in [-0.2, 0) is 11.3 Å². The Morgan fingerprint density at radius 2 is 2.13 bits per heavy atom. The van der Waals surface area contributed by atoms with Crippen molar-refractivity contribution in [3.63, 3.8) is 0 Å². The lowest BCUT2D eigenvalue weighted by molar-refractivity contribution is 0.0471. The molecule has 4 nitrogen and oxygen atoms in total. The van der Waals surface area contributed by atoms with Crippen molar-refractivity contribution in [2.75, 3.05) is 0 Å². The van der Waals surface area contributed by atoms with E-state index in [4.69, 9.17) is 16.3 Å². The number of carbonyl (C=O) groups is 1. The number of hydrogen-bond donors (Lipinski definition) is 0. The number of ether oxygens (including phenoxy) is 1. The molecule has 0 spiro atoms. The summed E-state index contributed by atoms with van der Waals surface area (Å²) in [5, 5.41) is 2.40. The lowest BCUT2D eigenvalue weighted by Gasteiger charge is -2.08. The largest absolute Gasteiger partial charge is 0.457 e. The van der Waals surface area contributed by atoms with Crippen LogP contribution < -0.4 is 0 Å². The molecule has 0 amide bonds. The summed E-state index contributed by atoms with van der Waals surface area (Å²) in [6, 6.07) is 11.0. The van der Waals surface area contributed by atoms with Crippen LogP contribution in [0.1, 0.15) is 21.6 Å². The molecule has 3 heterocycles. The zero-order chi connectivity index (χ0) is 16.2. The Hall–Kier alpha value is -2.24. The maximum absolute atomic E-state index is 12.2. The molecule has 0 radical (unpaired) electrons. The Kier molecular flexibility index (Phi) is 4.69. The molecule has 0 atom stereocenters. The van der Waals surface area contributed by atoms with E-state index in [0.29, 0.717) is 16.4 Å². The number of rotatable bonds is 4. The highest BCUT2D eigenvalue weighted by atomic mass is 35.5. The predicted octanol–water partition coefficient (Wildman–Crippen LogP) is 4.52. The normalized spacial score (nSPS) is 10.5.